The Balaban J connectivity index is 1.63. The molecule has 27 heavy (non-hydrogen) atoms. The van der Waals surface area contributed by atoms with Gasteiger partial charge in [-0.3, -0.25) is 14.4 Å². The number of benzene rings is 1. The van der Waals surface area contributed by atoms with E-state index in [1.165, 1.54) is 7.11 Å². The molecule has 0 spiro atoms. The van der Waals surface area contributed by atoms with Crippen molar-refractivity contribution in [2.45, 2.75) is 32.6 Å². The number of phenols is 1. The van der Waals surface area contributed by atoms with Crippen LogP contribution in [0, 0.1) is 0 Å². The van der Waals surface area contributed by atoms with Crippen LogP contribution in [0.15, 0.2) is 24.3 Å². The third-order valence-corrected chi connectivity index (χ3v) is 4.54. The van der Waals surface area contributed by atoms with Gasteiger partial charge in [0.25, 0.3) is 0 Å². The highest BCUT2D eigenvalue weighted by Gasteiger charge is 2.17. The molecule has 0 saturated heterocycles. The van der Waals surface area contributed by atoms with Crippen molar-refractivity contribution in [2.24, 2.45) is 0 Å². The number of carbonyl (C=O) groups is 1. The number of hydrogen-bond donors (Lipinski definition) is 2. The number of phenolic OH excluding ortho intramolecular Hbond substituents is 1. The summed E-state index contributed by atoms with van der Waals surface area (Å²) in [5.41, 5.74) is 3.01. The topological polar surface area (TPSA) is 88.9 Å². The van der Waals surface area contributed by atoms with Crippen molar-refractivity contribution in [1.29, 1.82) is 0 Å². The van der Waals surface area contributed by atoms with Gasteiger partial charge >= 0.3 is 0 Å². The van der Waals surface area contributed by atoms with Crippen LogP contribution in [0.1, 0.15) is 23.4 Å². The zero-order valence-corrected chi connectivity index (χ0v) is 15.8. The van der Waals surface area contributed by atoms with Gasteiger partial charge in [-0.1, -0.05) is 6.07 Å². The van der Waals surface area contributed by atoms with Gasteiger partial charge < -0.3 is 19.9 Å². The van der Waals surface area contributed by atoms with Gasteiger partial charge in [0, 0.05) is 33.3 Å². The molecule has 0 aliphatic carbocycles. The number of aryl methyl sites for hydroxylation is 1. The maximum Gasteiger partial charge on any atom is 0.246 e. The molecule has 8 heteroatoms. The summed E-state index contributed by atoms with van der Waals surface area (Å²) in [4.78, 5) is 13.9. The number of nitrogens with one attached hydrogen (secondary N) is 1. The van der Waals surface area contributed by atoms with E-state index in [0.29, 0.717) is 12.3 Å². The zero-order chi connectivity index (χ0) is 19.2. The molecule has 2 aromatic rings. The van der Waals surface area contributed by atoms with E-state index in [-0.39, 0.29) is 18.3 Å². The summed E-state index contributed by atoms with van der Waals surface area (Å²) < 4.78 is 11.9. The van der Waals surface area contributed by atoms with Gasteiger partial charge in [-0.25, -0.2) is 0 Å². The van der Waals surface area contributed by atoms with Crippen LogP contribution in [0.5, 0.6) is 11.5 Å². The first kappa shape index (κ1) is 19.2. The number of rotatable bonds is 7. The van der Waals surface area contributed by atoms with E-state index < -0.39 is 0 Å². The average molecular weight is 374 g/mol. The van der Waals surface area contributed by atoms with Crippen molar-refractivity contribution in [3.63, 3.8) is 0 Å². The van der Waals surface area contributed by atoms with Crippen LogP contribution in [0.2, 0.25) is 0 Å². The third-order valence-electron chi connectivity index (χ3n) is 4.54. The SMILES string of the molecule is COCC(=O)NCc1cc2n(n1)CCCN(Cc1ccc(OC)c(O)c1)C2. The second kappa shape index (κ2) is 8.88. The minimum absolute atomic E-state index is 0.0516. The second-order valence-corrected chi connectivity index (χ2v) is 6.63. The largest absolute Gasteiger partial charge is 0.504 e. The van der Waals surface area contributed by atoms with Gasteiger partial charge in [0.2, 0.25) is 5.91 Å². The summed E-state index contributed by atoms with van der Waals surface area (Å²) >= 11 is 0. The van der Waals surface area contributed by atoms with E-state index in [4.69, 9.17) is 9.47 Å². The van der Waals surface area contributed by atoms with Crippen molar-refractivity contribution in [2.75, 3.05) is 27.4 Å². The average Bonchev–Trinajstić information content (AvgIpc) is 2.92. The van der Waals surface area contributed by atoms with E-state index in [0.717, 1.165) is 49.6 Å². The van der Waals surface area contributed by atoms with E-state index in [2.05, 4.69) is 15.3 Å². The number of nitrogens with zero attached hydrogens (tertiary/aromatic N) is 3. The molecule has 0 unspecified atom stereocenters. The molecular formula is C19H26N4O4. The van der Waals surface area contributed by atoms with Crippen molar-refractivity contribution in [1.82, 2.24) is 20.0 Å². The standard InChI is InChI=1S/C19H26N4O4/c1-26-13-19(25)20-10-15-9-16-12-22(6-3-7-23(16)21-15)11-14-4-5-18(27-2)17(24)8-14/h4-5,8-9,24H,3,6-7,10-13H2,1-2H3,(H,20,25). The molecule has 1 aliphatic rings. The molecule has 0 fully saturated rings. The molecule has 146 valence electrons. The maximum absolute atomic E-state index is 11.5. The first-order valence-electron chi connectivity index (χ1n) is 8.98. The fourth-order valence-electron chi connectivity index (χ4n) is 3.27. The lowest BCUT2D eigenvalue weighted by atomic mass is 10.2. The molecule has 2 N–H and O–H groups in total. The van der Waals surface area contributed by atoms with Gasteiger partial charge in [-0.2, -0.15) is 5.10 Å². The van der Waals surface area contributed by atoms with Crippen molar-refractivity contribution >= 4 is 5.91 Å². The molecule has 0 atom stereocenters. The second-order valence-electron chi connectivity index (χ2n) is 6.63. The van der Waals surface area contributed by atoms with Crippen molar-refractivity contribution in [3.05, 3.63) is 41.2 Å². The highest BCUT2D eigenvalue weighted by Crippen LogP contribution is 2.27. The van der Waals surface area contributed by atoms with Crippen LogP contribution in [0.25, 0.3) is 0 Å². The summed E-state index contributed by atoms with van der Waals surface area (Å²) in [5.74, 6) is 0.485. The van der Waals surface area contributed by atoms with Crippen LogP contribution < -0.4 is 10.1 Å². The first-order valence-corrected chi connectivity index (χ1v) is 8.98. The molecule has 8 nitrogen and oxygen atoms in total. The highest BCUT2D eigenvalue weighted by molar-refractivity contribution is 5.77. The zero-order valence-electron chi connectivity index (χ0n) is 15.8. The van der Waals surface area contributed by atoms with Crippen molar-refractivity contribution in [3.8, 4) is 11.5 Å². The molecule has 1 amide bonds. The molecular weight excluding hydrogens is 348 g/mol. The Bertz CT molecular complexity index is 790. The lowest BCUT2D eigenvalue weighted by Crippen LogP contribution is -2.26. The number of aromatic nitrogens is 2. The fourth-order valence-corrected chi connectivity index (χ4v) is 3.27. The van der Waals surface area contributed by atoms with Gasteiger partial charge in [-0.15, -0.1) is 0 Å². The number of ether oxygens (including phenoxy) is 2. The summed E-state index contributed by atoms with van der Waals surface area (Å²) in [6, 6.07) is 7.54. The van der Waals surface area contributed by atoms with Gasteiger partial charge in [0.1, 0.15) is 6.61 Å². The Morgan fingerprint density at radius 3 is 2.89 bits per heavy atom. The minimum atomic E-state index is -0.151. The molecule has 2 heterocycles. The van der Waals surface area contributed by atoms with Crippen LogP contribution >= 0.6 is 0 Å². The molecule has 0 bridgehead atoms. The Morgan fingerprint density at radius 1 is 1.30 bits per heavy atom. The Hall–Kier alpha value is -2.58. The van der Waals surface area contributed by atoms with E-state index in [9.17, 15) is 9.90 Å². The minimum Gasteiger partial charge on any atom is -0.504 e. The summed E-state index contributed by atoms with van der Waals surface area (Å²) in [5, 5.41) is 17.4. The number of fused-ring (bicyclic) bond motifs is 1. The smallest absolute Gasteiger partial charge is 0.246 e. The number of aromatic hydroxyl groups is 1. The predicted molar refractivity (Wildman–Crippen MR) is 99.3 cm³/mol. The number of methoxy groups -OCH3 is 2. The number of hydrogen-bond acceptors (Lipinski definition) is 6. The predicted octanol–water partition coefficient (Wildman–Crippen LogP) is 1.27. The summed E-state index contributed by atoms with van der Waals surface area (Å²) in [6.07, 6.45) is 0.992. The van der Waals surface area contributed by atoms with E-state index in [1.807, 2.05) is 16.8 Å². The molecule has 0 radical (unpaired) electrons. The quantitative estimate of drug-likeness (QED) is 0.759. The fraction of sp³-hybridized carbons (Fsp3) is 0.474. The molecule has 0 saturated carbocycles. The monoisotopic (exact) mass is 374 g/mol. The van der Waals surface area contributed by atoms with Crippen LogP contribution in [0.3, 0.4) is 0 Å². The van der Waals surface area contributed by atoms with E-state index in [1.54, 1.807) is 19.2 Å². The van der Waals surface area contributed by atoms with Gasteiger partial charge in [0.05, 0.1) is 25.0 Å². The molecule has 1 aromatic carbocycles. The normalized spacial score (nSPS) is 14.4. The summed E-state index contributed by atoms with van der Waals surface area (Å²) in [6.45, 7) is 3.76. The Labute approximate surface area is 158 Å². The Morgan fingerprint density at radius 2 is 2.15 bits per heavy atom. The van der Waals surface area contributed by atoms with Gasteiger partial charge in [-0.05, 0) is 30.2 Å². The molecule has 1 aromatic heterocycles. The van der Waals surface area contributed by atoms with Crippen LogP contribution in [-0.4, -0.2) is 53.1 Å². The summed E-state index contributed by atoms with van der Waals surface area (Å²) in [7, 11) is 3.04. The lowest BCUT2D eigenvalue weighted by Gasteiger charge is -2.20. The number of carbonyl (C=O) groups excluding carboxylic acids is 1. The van der Waals surface area contributed by atoms with Crippen molar-refractivity contribution < 1.29 is 19.4 Å². The van der Waals surface area contributed by atoms with E-state index >= 15 is 0 Å². The molecule has 3 rings (SSSR count). The van der Waals surface area contributed by atoms with Gasteiger partial charge in [0.15, 0.2) is 11.5 Å². The number of amides is 1. The maximum atomic E-state index is 11.5. The Kier molecular flexibility index (Phi) is 6.31. The molecule has 1 aliphatic heterocycles. The van der Waals surface area contributed by atoms with Crippen LogP contribution in [0.4, 0.5) is 0 Å². The lowest BCUT2D eigenvalue weighted by molar-refractivity contribution is -0.124. The highest BCUT2D eigenvalue weighted by atomic mass is 16.5. The van der Waals surface area contributed by atoms with Crippen LogP contribution in [-0.2, 0) is 35.7 Å². The third kappa shape index (κ3) is 4.99. The first-order chi connectivity index (χ1) is 13.1.